The highest BCUT2D eigenvalue weighted by atomic mass is 32.1. The van der Waals surface area contributed by atoms with Gasteiger partial charge in [0.05, 0.1) is 6.04 Å². The minimum atomic E-state index is -0.367. The van der Waals surface area contributed by atoms with Gasteiger partial charge in [0.1, 0.15) is 18.9 Å². The van der Waals surface area contributed by atoms with Gasteiger partial charge in [-0.15, -0.1) is 11.3 Å². The number of fused-ring (bicyclic) bond motifs is 1. The molecule has 198 valence electrons. The van der Waals surface area contributed by atoms with Crippen LogP contribution in [-0.2, 0) is 11.2 Å². The van der Waals surface area contributed by atoms with E-state index in [2.05, 4.69) is 56.6 Å². The molecule has 1 N–H and O–H groups in total. The zero-order valence-corrected chi connectivity index (χ0v) is 23.8. The summed E-state index contributed by atoms with van der Waals surface area (Å²) in [5, 5.41) is 5.12. The Labute approximate surface area is 221 Å². The molecule has 36 heavy (non-hydrogen) atoms. The molecule has 2 heterocycles. The maximum atomic E-state index is 13.6. The average Bonchev–Trinajstić information content (AvgIpc) is 3.28. The molecule has 0 bridgehead atoms. The minimum absolute atomic E-state index is 0.0385. The monoisotopic (exact) mass is 513 g/mol. The van der Waals surface area contributed by atoms with Crippen molar-refractivity contribution in [3.05, 3.63) is 51.7 Å². The lowest BCUT2D eigenvalue weighted by Gasteiger charge is -2.37. The molecule has 0 saturated heterocycles. The zero-order valence-electron chi connectivity index (χ0n) is 23.0. The van der Waals surface area contributed by atoms with Crippen LogP contribution in [0.15, 0.2) is 35.7 Å². The van der Waals surface area contributed by atoms with E-state index in [1.165, 1.54) is 10.4 Å². The number of ether oxygens (including phenoxy) is 1. The molecule has 0 unspecified atom stereocenters. The van der Waals surface area contributed by atoms with Crippen LogP contribution in [0, 0.1) is 5.92 Å². The Bertz CT molecular complexity index is 1010. The third-order valence-corrected chi connectivity index (χ3v) is 7.44. The number of hydrogen-bond donors (Lipinski definition) is 1. The molecule has 0 fully saturated rings. The molecule has 0 aliphatic carbocycles. The van der Waals surface area contributed by atoms with Gasteiger partial charge in [0, 0.05) is 23.5 Å². The second kappa shape index (κ2) is 12.1. The smallest absolute Gasteiger partial charge is 0.318 e. The predicted octanol–water partition coefficient (Wildman–Crippen LogP) is 6.23. The van der Waals surface area contributed by atoms with Crippen LogP contribution in [-0.4, -0.2) is 53.5 Å². The van der Waals surface area contributed by atoms with E-state index in [0.717, 1.165) is 24.2 Å². The van der Waals surface area contributed by atoms with Crippen LogP contribution in [0.2, 0.25) is 0 Å². The maximum absolute atomic E-state index is 13.6. The lowest BCUT2D eigenvalue weighted by atomic mass is 10.00. The molecule has 0 spiro atoms. The summed E-state index contributed by atoms with van der Waals surface area (Å²) >= 11 is 1.74. The Morgan fingerprint density at radius 3 is 2.44 bits per heavy atom. The number of benzene rings is 1. The molecule has 0 saturated carbocycles. The summed E-state index contributed by atoms with van der Waals surface area (Å²) < 4.78 is 6.20. The van der Waals surface area contributed by atoms with Crippen molar-refractivity contribution in [2.45, 2.75) is 78.8 Å². The van der Waals surface area contributed by atoms with E-state index in [4.69, 9.17) is 4.74 Å². The second-order valence-corrected chi connectivity index (χ2v) is 12.5. The van der Waals surface area contributed by atoms with Crippen LogP contribution in [0.4, 0.5) is 4.79 Å². The number of nitrogens with one attached hydrogen (secondary N) is 1. The number of carbonyl (C=O) groups is 2. The van der Waals surface area contributed by atoms with Crippen molar-refractivity contribution in [1.29, 1.82) is 0 Å². The van der Waals surface area contributed by atoms with Gasteiger partial charge < -0.3 is 19.9 Å². The van der Waals surface area contributed by atoms with Crippen molar-refractivity contribution in [2.75, 3.05) is 26.2 Å². The fourth-order valence-electron chi connectivity index (χ4n) is 4.32. The van der Waals surface area contributed by atoms with E-state index in [9.17, 15) is 9.59 Å². The van der Waals surface area contributed by atoms with Crippen molar-refractivity contribution >= 4 is 23.3 Å². The van der Waals surface area contributed by atoms with Crippen LogP contribution in [0.25, 0.3) is 0 Å². The first-order chi connectivity index (χ1) is 16.9. The lowest BCUT2D eigenvalue weighted by Crippen LogP contribution is -2.53. The standard InChI is InChI=1S/C29H43N3O3S/c1-20(2)12-15-31(28(34)30-29(5,6)7)18-27(33)32-16-13-26-24(14-17-36-26)25(32)19-35-23-10-8-22(9-11-23)21(3)4/h8-11,14,17,20-21,25H,12-13,15-16,18-19H2,1-7H3,(H,30,34)/t25-/m1/s1. The topological polar surface area (TPSA) is 61.9 Å². The van der Waals surface area contributed by atoms with Crippen molar-refractivity contribution in [3.8, 4) is 5.75 Å². The molecular formula is C29H43N3O3S. The van der Waals surface area contributed by atoms with E-state index in [0.29, 0.717) is 31.5 Å². The first-order valence-electron chi connectivity index (χ1n) is 13.1. The number of carbonyl (C=O) groups excluding carboxylic acids is 2. The lowest BCUT2D eigenvalue weighted by molar-refractivity contribution is -0.135. The molecule has 1 atom stereocenters. The van der Waals surface area contributed by atoms with E-state index < -0.39 is 0 Å². The quantitative estimate of drug-likeness (QED) is 0.432. The number of amides is 3. The first kappa shape index (κ1) is 28.0. The number of hydrogen-bond acceptors (Lipinski definition) is 4. The van der Waals surface area contributed by atoms with E-state index in [1.54, 1.807) is 16.2 Å². The fourth-order valence-corrected chi connectivity index (χ4v) is 5.25. The molecule has 2 aromatic rings. The van der Waals surface area contributed by atoms with Crippen LogP contribution in [0.5, 0.6) is 5.75 Å². The molecule has 1 aliphatic rings. The van der Waals surface area contributed by atoms with Gasteiger partial charge in [0.25, 0.3) is 0 Å². The van der Waals surface area contributed by atoms with Crippen LogP contribution in [0.3, 0.4) is 0 Å². The highest BCUT2D eigenvalue weighted by Gasteiger charge is 2.34. The highest BCUT2D eigenvalue weighted by Crippen LogP contribution is 2.34. The molecular weight excluding hydrogens is 470 g/mol. The van der Waals surface area contributed by atoms with Crippen molar-refractivity contribution in [3.63, 3.8) is 0 Å². The SMILES string of the molecule is CC(C)CCN(CC(=O)N1CCc2sccc2[C@H]1COc1ccc(C(C)C)cc1)C(=O)NC(C)(C)C. The Morgan fingerprint density at radius 2 is 1.83 bits per heavy atom. The molecule has 1 aromatic carbocycles. The Morgan fingerprint density at radius 1 is 1.14 bits per heavy atom. The Hall–Kier alpha value is -2.54. The van der Waals surface area contributed by atoms with Crippen molar-refractivity contribution in [2.24, 2.45) is 5.92 Å². The molecule has 1 aromatic heterocycles. The summed E-state index contributed by atoms with van der Waals surface area (Å²) in [4.78, 5) is 31.6. The predicted molar refractivity (Wildman–Crippen MR) is 148 cm³/mol. The van der Waals surface area contributed by atoms with Gasteiger partial charge in [-0.25, -0.2) is 4.79 Å². The summed E-state index contributed by atoms with van der Waals surface area (Å²) in [7, 11) is 0. The first-order valence-corrected chi connectivity index (χ1v) is 14.0. The average molecular weight is 514 g/mol. The van der Waals surface area contributed by atoms with Crippen molar-refractivity contribution < 1.29 is 14.3 Å². The van der Waals surface area contributed by atoms with Gasteiger partial charge in [-0.2, -0.15) is 0 Å². The summed E-state index contributed by atoms with van der Waals surface area (Å²) in [6, 6.07) is 9.95. The summed E-state index contributed by atoms with van der Waals surface area (Å²) in [6.07, 6.45) is 1.68. The van der Waals surface area contributed by atoms with E-state index in [1.807, 2.05) is 37.8 Å². The Balaban J connectivity index is 1.75. The number of nitrogens with zero attached hydrogens (tertiary/aromatic N) is 2. The minimum Gasteiger partial charge on any atom is -0.491 e. The molecule has 3 rings (SSSR count). The van der Waals surface area contributed by atoms with Crippen LogP contribution < -0.4 is 10.1 Å². The van der Waals surface area contributed by atoms with Gasteiger partial charge in [-0.3, -0.25) is 4.79 Å². The fraction of sp³-hybridized carbons (Fsp3) is 0.586. The van der Waals surface area contributed by atoms with Gasteiger partial charge >= 0.3 is 6.03 Å². The third kappa shape index (κ3) is 7.73. The van der Waals surface area contributed by atoms with E-state index >= 15 is 0 Å². The summed E-state index contributed by atoms with van der Waals surface area (Å²) in [6.45, 7) is 16.1. The van der Waals surface area contributed by atoms with Gasteiger partial charge in [0.15, 0.2) is 0 Å². The van der Waals surface area contributed by atoms with E-state index in [-0.39, 0.29) is 30.1 Å². The van der Waals surface area contributed by atoms with Gasteiger partial charge in [0.2, 0.25) is 5.91 Å². The molecule has 6 nitrogen and oxygen atoms in total. The third-order valence-electron chi connectivity index (χ3n) is 6.44. The molecule has 0 radical (unpaired) electrons. The number of thiophene rings is 1. The number of rotatable bonds is 9. The summed E-state index contributed by atoms with van der Waals surface area (Å²) in [5.41, 5.74) is 2.06. The molecule has 1 aliphatic heterocycles. The largest absolute Gasteiger partial charge is 0.491 e. The Kier molecular flexibility index (Phi) is 9.45. The second-order valence-electron chi connectivity index (χ2n) is 11.5. The van der Waals surface area contributed by atoms with Gasteiger partial charge in [-0.1, -0.05) is 39.8 Å². The van der Waals surface area contributed by atoms with Gasteiger partial charge in [-0.05, 0) is 80.2 Å². The van der Waals surface area contributed by atoms with Crippen LogP contribution in [0.1, 0.15) is 82.9 Å². The molecule has 7 heteroatoms. The number of urea groups is 1. The summed E-state index contributed by atoms with van der Waals surface area (Å²) in [5.74, 6) is 1.67. The van der Waals surface area contributed by atoms with Crippen LogP contribution >= 0.6 is 11.3 Å². The van der Waals surface area contributed by atoms with Crippen molar-refractivity contribution in [1.82, 2.24) is 15.1 Å². The normalized spacial score (nSPS) is 15.7. The molecule has 3 amide bonds. The highest BCUT2D eigenvalue weighted by molar-refractivity contribution is 7.10. The maximum Gasteiger partial charge on any atom is 0.318 e. The zero-order chi connectivity index (χ0) is 26.5.